The van der Waals surface area contributed by atoms with E-state index in [0.717, 1.165) is 17.6 Å². The molecule has 2 aromatic heterocycles. The number of rotatable bonds is 4. The van der Waals surface area contributed by atoms with Crippen LogP contribution < -0.4 is 10.6 Å². The van der Waals surface area contributed by atoms with Gasteiger partial charge in [-0.1, -0.05) is 23.2 Å². The highest BCUT2D eigenvalue weighted by Gasteiger charge is 2.10. The van der Waals surface area contributed by atoms with E-state index >= 15 is 0 Å². The van der Waals surface area contributed by atoms with Gasteiger partial charge in [0.1, 0.15) is 5.82 Å². The molecule has 3 N–H and O–H groups in total. The lowest BCUT2D eigenvalue weighted by Gasteiger charge is -2.09. The molecule has 0 amide bonds. The standard InChI is InChI=1S/C13H12Cl2N6/c1-2-16-13-19-11(10-6-17-21-12(10)20-13)18-9-4-7(14)3-8(15)5-9/h3-6H,2H2,1H3,(H3,16,17,18,19,20,21). The first kappa shape index (κ1) is 13.9. The summed E-state index contributed by atoms with van der Waals surface area (Å²) in [5.74, 6) is 1.15. The van der Waals surface area contributed by atoms with Crippen LogP contribution in [0, 0.1) is 0 Å². The Morgan fingerprint density at radius 2 is 1.90 bits per heavy atom. The monoisotopic (exact) mass is 322 g/mol. The number of nitrogens with zero attached hydrogens (tertiary/aromatic N) is 3. The van der Waals surface area contributed by atoms with E-state index < -0.39 is 0 Å². The fourth-order valence-corrected chi connectivity index (χ4v) is 2.46. The van der Waals surface area contributed by atoms with Gasteiger partial charge in [-0.05, 0) is 25.1 Å². The number of halogens is 2. The molecule has 0 aliphatic rings. The first-order chi connectivity index (χ1) is 10.2. The highest BCUT2D eigenvalue weighted by molar-refractivity contribution is 6.35. The SMILES string of the molecule is CCNc1nc(Nc2cc(Cl)cc(Cl)c2)c2cn[nH]c2n1. The summed E-state index contributed by atoms with van der Waals surface area (Å²) >= 11 is 12.0. The summed E-state index contributed by atoms with van der Waals surface area (Å²) in [6.45, 7) is 2.70. The predicted molar refractivity (Wildman–Crippen MR) is 85.6 cm³/mol. The number of H-pyrrole nitrogens is 1. The Labute approximate surface area is 130 Å². The van der Waals surface area contributed by atoms with Gasteiger partial charge in [-0.3, -0.25) is 5.10 Å². The lowest BCUT2D eigenvalue weighted by Crippen LogP contribution is -2.04. The minimum atomic E-state index is 0.518. The van der Waals surface area contributed by atoms with Crippen molar-refractivity contribution in [2.45, 2.75) is 6.92 Å². The Kier molecular flexibility index (Phi) is 3.81. The summed E-state index contributed by atoms with van der Waals surface area (Å²) in [7, 11) is 0. The third-order valence-corrected chi connectivity index (χ3v) is 3.21. The first-order valence-electron chi connectivity index (χ1n) is 6.34. The second-order valence-corrected chi connectivity index (χ2v) is 5.21. The van der Waals surface area contributed by atoms with Crippen molar-refractivity contribution in [2.75, 3.05) is 17.2 Å². The van der Waals surface area contributed by atoms with Gasteiger partial charge in [0.05, 0.1) is 11.6 Å². The average molecular weight is 323 g/mol. The summed E-state index contributed by atoms with van der Waals surface area (Å²) in [4.78, 5) is 8.77. The van der Waals surface area contributed by atoms with Crippen LogP contribution in [0.2, 0.25) is 10.0 Å². The number of fused-ring (bicyclic) bond motifs is 1. The van der Waals surface area contributed by atoms with E-state index in [2.05, 4.69) is 30.8 Å². The summed E-state index contributed by atoms with van der Waals surface area (Å²) in [6.07, 6.45) is 1.67. The normalized spacial score (nSPS) is 10.8. The summed E-state index contributed by atoms with van der Waals surface area (Å²) in [5, 5.41) is 15.0. The third-order valence-electron chi connectivity index (χ3n) is 2.77. The van der Waals surface area contributed by atoms with Gasteiger partial charge < -0.3 is 10.6 Å². The Morgan fingerprint density at radius 3 is 2.62 bits per heavy atom. The largest absolute Gasteiger partial charge is 0.354 e. The third kappa shape index (κ3) is 3.01. The molecular weight excluding hydrogens is 311 g/mol. The minimum Gasteiger partial charge on any atom is -0.354 e. The van der Waals surface area contributed by atoms with Gasteiger partial charge in [-0.25, -0.2) is 0 Å². The van der Waals surface area contributed by atoms with Gasteiger partial charge in [0, 0.05) is 22.3 Å². The summed E-state index contributed by atoms with van der Waals surface area (Å²) in [5.41, 5.74) is 1.40. The van der Waals surface area contributed by atoms with Crippen molar-refractivity contribution < 1.29 is 0 Å². The van der Waals surface area contributed by atoms with Crippen LogP contribution in [0.15, 0.2) is 24.4 Å². The number of hydrogen-bond acceptors (Lipinski definition) is 5. The number of aromatic nitrogens is 4. The number of hydrogen-bond donors (Lipinski definition) is 3. The predicted octanol–water partition coefficient (Wildman–Crippen LogP) is 3.84. The van der Waals surface area contributed by atoms with Crippen LogP contribution in [0.25, 0.3) is 11.0 Å². The van der Waals surface area contributed by atoms with E-state index in [9.17, 15) is 0 Å². The van der Waals surface area contributed by atoms with Gasteiger partial charge in [0.15, 0.2) is 5.65 Å². The maximum Gasteiger partial charge on any atom is 0.226 e. The molecule has 8 heteroatoms. The summed E-state index contributed by atoms with van der Waals surface area (Å²) in [6, 6.07) is 5.22. The smallest absolute Gasteiger partial charge is 0.226 e. The molecule has 6 nitrogen and oxygen atoms in total. The molecule has 0 fully saturated rings. The molecule has 0 radical (unpaired) electrons. The molecule has 3 rings (SSSR count). The molecule has 0 unspecified atom stereocenters. The topological polar surface area (TPSA) is 78.5 Å². The van der Waals surface area contributed by atoms with E-state index in [1.165, 1.54) is 0 Å². The van der Waals surface area contributed by atoms with Gasteiger partial charge >= 0.3 is 0 Å². The van der Waals surface area contributed by atoms with Crippen molar-refractivity contribution in [1.29, 1.82) is 0 Å². The molecule has 108 valence electrons. The Bertz CT molecular complexity index is 765. The van der Waals surface area contributed by atoms with Crippen LogP contribution >= 0.6 is 23.2 Å². The number of nitrogens with one attached hydrogen (secondary N) is 3. The molecule has 0 atom stereocenters. The quantitative estimate of drug-likeness (QED) is 0.680. The second-order valence-electron chi connectivity index (χ2n) is 4.34. The van der Waals surface area contributed by atoms with Crippen LogP contribution in [-0.2, 0) is 0 Å². The van der Waals surface area contributed by atoms with E-state index in [-0.39, 0.29) is 0 Å². The van der Waals surface area contributed by atoms with Crippen LogP contribution in [0.3, 0.4) is 0 Å². The summed E-state index contributed by atoms with van der Waals surface area (Å²) < 4.78 is 0. The van der Waals surface area contributed by atoms with Crippen LogP contribution in [0.4, 0.5) is 17.5 Å². The Hall–Kier alpha value is -2.05. The van der Waals surface area contributed by atoms with Gasteiger partial charge in [-0.15, -0.1) is 0 Å². The molecule has 2 heterocycles. The van der Waals surface area contributed by atoms with Crippen molar-refractivity contribution in [3.05, 3.63) is 34.4 Å². The maximum absolute atomic E-state index is 6.01. The average Bonchev–Trinajstić information content (AvgIpc) is 2.86. The van der Waals surface area contributed by atoms with E-state index in [1.54, 1.807) is 24.4 Å². The van der Waals surface area contributed by atoms with Gasteiger partial charge in [0.2, 0.25) is 5.95 Å². The second kappa shape index (κ2) is 5.75. The molecule has 0 saturated carbocycles. The highest BCUT2D eigenvalue weighted by Crippen LogP contribution is 2.27. The maximum atomic E-state index is 6.01. The number of aromatic amines is 1. The van der Waals surface area contributed by atoms with Gasteiger partial charge in [0.25, 0.3) is 0 Å². The lowest BCUT2D eigenvalue weighted by atomic mass is 10.3. The Balaban J connectivity index is 2.04. The highest BCUT2D eigenvalue weighted by atomic mass is 35.5. The van der Waals surface area contributed by atoms with Crippen LogP contribution in [0.5, 0.6) is 0 Å². The molecule has 0 aliphatic carbocycles. The van der Waals surface area contributed by atoms with Gasteiger partial charge in [-0.2, -0.15) is 15.1 Å². The van der Waals surface area contributed by atoms with Crippen molar-refractivity contribution >= 4 is 51.7 Å². The number of benzene rings is 1. The Morgan fingerprint density at radius 1 is 1.14 bits per heavy atom. The zero-order valence-corrected chi connectivity index (χ0v) is 12.6. The fraction of sp³-hybridized carbons (Fsp3) is 0.154. The molecular formula is C13H12Cl2N6. The van der Waals surface area contributed by atoms with E-state index in [4.69, 9.17) is 23.2 Å². The molecule has 21 heavy (non-hydrogen) atoms. The molecule has 1 aromatic carbocycles. The molecule has 0 bridgehead atoms. The molecule has 0 aliphatic heterocycles. The number of anilines is 3. The zero-order chi connectivity index (χ0) is 14.8. The molecule has 0 saturated heterocycles. The van der Waals surface area contributed by atoms with Crippen molar-refractivity contribution in [3.63, 3.8) is 0 Å². The van der Waals surface area contributed by atoms with Crippen LogP contribution in [-0.4, -0.2) is 26.7 Å². The minimum absolute atomic E-state index is 0.518. The van der Waals surface area contributed by atoms with Crippen LogP contribution in [0.1, 0.15) is 6.92 Å². The van der Waals surface area contributed by atoms with Crippen molar-refractivity contribution in [3.8, 4) is 0 Å². The van der Waals surface area contributed by atoms with Crippen molar-refractivity contribution in [1.82, 2.24) is 20.2 Å². The fourth-order valence-electron chi connectivity index (χ4n) is 1.93. The van der Waals surface area contributed by atoms with Crippen molar-refractivity contribution in [2.24, 2.45) is 0 Å². The first-order valence-corrected chi connectivity index (χ1v) is 7.09. The van der Waals surface area contributed by atoms with E-state index in [0.29, 0.717) is 27.5 Å². The lowest BCUT2D eigenvalue weighted by molar-refractivity contribution is 1.07. The zero-order valence-electron chi connectivity index (χ0n) is 11.1. The molecule has 0 spiro atoms. The molecule has 3 aromatic rings. The van der Waals surface area contributed by atoms with E-state index in [1.807, 2.05) is 6.92 Å².